The van der Waals surface area contributed by atoms with Gasteiger partial charge in [-0.25, -0.2) is 0 Å². The standard InChI is InChI=1S/C14H20ClN/c1-13(2)10-4-6-14(13,3)12(8-10)16-7-5-11(15)9-16/h5,7,9-10,12H,4,6,8H2,1-3H3. The fourth-order valence-corrected chi connectivity index (χ4v) is 4.36. The summed E-state index contributed by atoms with van der Waals surface area (Å²) in [4.78, 5) is 0. The van der Waals surface area contributed by atoms with E-state index in [1.54, 1.807) is 0 Å². The number of hydrogen-bond donors (Lipinski definition) is 0. The van der Waals surface area contributed by atoms with Gasteiger partial charge in [-0.05, 0) is 42.1 Å². The number of hydrogen-bond acceptors (Lipinski definition) is 0. The highest BCUT2D eigenvalue weighted by Gasteiger charge is 2.61. The SMILES string of the molecule is CC1(C)C2CCC1(C)C(n1ccc(Cl)c1)C2. The van der Waals surface area contributed by atoms with Crippen LogP contribution >= 0.6 is 11.6 Å². The molecule has 1 aromatic rings. The van der Waals surface area contributed by atoms with Gasteiger partial charge in [-0.1, -0.05) is 32.4 Å². The molecule has 88 valence electrons. The minimum Gasteiger partial charge on any atom is -0.349 e. The first-order valence-corrected chi connectivity index (χ1v) is 6.66. The Bertz CT molecular complexity index is 420. The number of aromatic nitrogens is 1. The minimum absolute atomic E-state index is 0.444. The molecule has 3 atom stereocenters. The molecule has 2 heteroatoms. The molecule has 1 nitrogen and oxygen atoms in total. The van der Waals surface area contributed by atoms with Crippen LogP contribution in [0, 0.1) is 16.7 Å². The topological polar surface area (TPSA) is 4.93 Å². The predicted molar refractivity (Wildman–Crippen MR) is 67.7 cm³/mol. The number of fused-ring (bicyclic) bond motifs is 2. The van der Waals surface area contributed by atoms with Crippen molar-refractivity contribution >= 4 is 11.6 Å². The van der Waals surface area contributed by atoms with Crippen molar-refractivity contribution in [3.63, 3.8) is 0 Å². The van der Waals surface area contributed by atoms with Crippen LogP contribution < -0.4 is 0 Å². The summed E-state index contributed by atoms with van der Waals surface area (Å²) >= 11 is 6.04. The molecule has 0 saturated heterocycles. The molecule has 3 rings (SSSR count). The van der Waals surface area contributed by atoms with E-state index in [4.69, 9.17) is 11.6 Å². The third-order valence-electron chi connectivity index (χ3n) is 5.79. The van der Waals surface area contributed by atoms with Crippen molar-refractivity contribution in [3.8, 4) is 0 Å². The van der Waals surface area contributed by atoms with Crippen molar-refractivity contribution in [1.29, 1.82) is 0 Å². The molecule has 2 fully saturated rings. The van der Waals surface area contributed by atoms with Gasteiger partial charge in [0, 0.05) is 18.4 Å². The lowest BCUT2D eigenvalue weighted by Gasteiger charge is -2.39. The number of nitrogens with zero attached hydrogens (tertiary/aromatic N) is 1. The molecule has 0 spiro atoms. The van der Waals surface area contributed by atoms with Crippen molar-refractivity contribution in [2.24, 2.45) is 16.7 Å². The van der Waals surface area contributed by atoms with Gasteiger partial charge < -0.3 is 4.57 Å². The van der Waals surface area contributed by atoms with E-state index in [9.17, 15) is 0 Å². The van der Waals surface area contributed by atoms with E-state index in [0.717, 1.165) is 10.9 Å². The molecule has 1 heterocycles. The Morgan fingerprint density at radius 3 is 2.56 bits per heavy atom. The second-order valence-electron chi connectivity index (χ2n) is 6.40. The maximum Gasteiger partial charge on any atom is 0.0582 e. The summed E-state index contributed by atoms with van der Waals surface area (Å²) in [6.07, 6.45) is 8.35. The summed E-state index contributed by atoms with van der Waals surface area (Å²) in [6, 6.07) is 2.65. The lowest BCUT2D eigenvalue weighted by Crippen LogP contribution is -2.33. The first kappa shape index (κ1) is 10.7. The lowest BCUT2D eigenvalue weighted by molar-refractivity contribution is 0.107. The van der Waals surface area contributed by atoms with Gasteiger partial charge in [-0.15, -0.1) is 0 Å². The van der Waals surface area contributed by atoms with E-state index in [1.807, 2.05) is 6.07 Å². The van der Waals surface area contributed by atoms with Crippen LogP contribution in [0.25, 0.3) is 0 Å². The van der Waals surface area contributed by atoms with Crippen LogP contribution in [0.3, 0.4) is 0 Å². The Labute approximate surface area is 103 Å². The van der Waals surface area contributed by atoms with Crippen LogP contribution in [-0.2, 0) is 0 Å². The molecule has 2 aliphatic carbocycles. The van der Waals surface area contributed by atoms with Crippen molar-refractivity contribution < 1.29 is 0 Å². The third kappa shape index (κ3) is 1.13. The van der Waals surface area contributed by atoms with Crippen molar-refractivity contribution in [2.75, 3.05) is 0 Å². The van der Waals surface area contributed by atoms with E-state index in [2.05, 4.69) is 37.7 Å². The van der Waals surface area contributed by atoms with Gasteiger partial charge in [0.05, 0.1) is 5.02 Å². The molecule has 16 heavy (non-hydrogen) atoms. The minimum atomic E-state index is 0.444. The molecule has 0 aromatic carbocycles. The smallest absolute Gasteiger partial charge is 0.0582 e. The zero-order valence-electron chi connectivity index (χ0n) is 10.3. The van der Waals surface area contributed by atoms with Crippen LogP contribution in [-0.4, -0.2) is 4.57 Å². The zero-order chi connectivity index (χ0) is 11.6. The Morgan fingerprint density at radius 1 is 1.38 bits per heavy atom. The second-order valence-corrected chi connectivity index (χ2v) is 6.84. The first-order valence-electron chi connectivity index (χ1n) is 6.28. The molecule has 1 aromatic heterocycles. The van der Waals surface area contributed by atoms with Gasteiger partial charge in [0.2, 0.25) is 0 Å². The average Bonchev–Trinajstić information content (AvgIpc) is 2.77. The molecular weight excluding hydrogens is 218 g/mol. The normalized spacial score (nSPS) is 40.5. The van der Waals surface area contributed by atoms with Gasteiger partial charge in [0.1, 0.15) is 0 Å². The van der Waals surface area contributed by atoms with Gasteiger partial charge >= 0.3 is 0 Å². The highest BCUT2D eigenvalue weighted by Crippen LogP contribution is 2.69. The van der Waals surface area contributed by atoms with Crippen molar-refractivity contribution in [2.45, 2.75) is 46.1 Å². The van der Waals surface area contributed by atoms with Crippen LogP contribution in [0.15, 0.2) is 18.5 Å². The fourth-order valence-electron chi connectivity index (χ4n) is 4.19. The van der Waals surface area contributed by atoms with Crippen molar-refractivity contribution in [3.05, 3.63) is 23.5 Å². The van der Waals surface area contributed by atoms with Crippen LogP contribution in [0.5, 0.6) is 0 Å². The quantitative estimate of drug-likeness (QED) is 0.677. The molecule has 0 amide bonds. The maximum atomic E-state index is 6.04. The molecule has 2 aliphatic rings. The Hall–Kier alpha value is -0.430. The molecule has 0 aliphatic heterocycles. The predicted octanol–water partition coefficient (Wildman–Crippen LogP) is 4.53. The summed E-state index contributed by atoms with van der Waals surface area (Å²) in [7, 11) is 0. The van der Waals surface area contributed by atoms with E-state index in [1.165, 1.54) is 19.3 Å². The van der Waals surface area contributed by atoms with E-state index >= 15 is 0 Å². The molecule has 0 radical (unpaired) electrons. The van der Waals surface area contributed by atoms with Crippen LogP contribution in [0.1, 0.15) is 46.1 Å². The van der Waals surface area contributed by atoms with Gasteiger partial charge in [0.15, 0.2) is 0 Å². The number of rotatable bonds is 1. The van der Waals surface area contributed by atoms with Crippen molar-refractivity contribution in [1.82, 2.24) is 4.57 Å². The van der Waals surface area contributed by atoms with Crippen LogP contribution in [0.2, 0.25) is 5.02 Å². The monoisotopic (exact) mass is 237 g/mol. The van der Waals surface area contributed by atoms with Gasteiger partial charge in [-0.3, -0.25) is 0 Å². The number of halogens is 1. The van der Waals surface area contributed by atoms with E-state index in [0.29, 0.717) is 16.9 Å². The summed E-state index contributed by atoms with van der Waals surface area (Å²) in [5.41, 5.74) is 0.925. The molecule has 3 unspecified atom stereocenters. The van der Waals surface area contributed by atoms with Gasteiger partial charge in [0.25, 0.3) is 0 Å². The largest absolute Gasteiger partial charge is 0.349 e. The molecule has 2 bridgehead atoms. The molecule has 0 N–H and O–H groups in total. The summed E-state index contributed by atoms with van der Waals surface area (Å²) in [5, 5.41) is 0.865. The van der Waals surface area contributed by atoms with E-state index < -0.39 is 0 Å². The zero-order valence-corrected chi connectivity index (χ0v) is 11.1. The summed E-state index contributed by atoms with van der Waals surface area (Å²) in [5.74, 6) is 0.892. The third-order valence-corrected chi connectivity index (χ3v) is 6.01. The van der Waals surface area contributed by atoms with Gasteiger partial charge in [-0.2, -0.15) is 0 Å². The van der Waals surface area contributed by atoms with Crippen LogP contribution in [0.4, 0.5) is 0 Å². The first-order chi connectivity index (χ1) is 7.45. The highest BCUT2D eigenvalue weighted by molar-refractivity contribution is 6.30. The average molecular weight is 238 g/mol. The lowest BCUT2D eigenvalue weighted by atomic mass is 9.69. The highest BCUT2D eigenvalue weighted by atomic mass is 35.5. The second kappa shape index (κ2) is 3.07. The fraction of sp³-hybridized carbons (Fsp3) is 0.714. The summed E-state index contributed by atoms with van der Waals surface area (Å²) < 4.78 is 2.35. The Morgan fingerprint density at radius 2 is 2.12 bits per heavy atom. The molecular formula is C14H20ClN. The Balaban J connectivity index is 2.01. The Kier molecular flexibility index (Phi) is 2.05. The van der Waals surface area contributed by atoms with E-state index in [-0.39, 0.29) is 0 Å². The molecule has 2 saturated carbocycles. The summed E-state index contributed by atoms with van der Waals surface area (Å²) in [6.45, 7) is 7.38. The maximum absolute atomic E-state index is 6.04.